The summed E-state index contributed by atoms with van der Waals surface area (Å²) in [5, 5.41) is 13.9. The third-order valence-electron chi connectivity index (χ3n) is 2.29. The average molecular weight is 253 g/mol. The molecule has 17 heavy (non-hydrogen) atoms. The van der Waals surface area contributed by atoms with Gasteiger partial charge in [-0.3, -0.25) is 0 Å². The first-order chi connectivity index (χ1) is 8.20. The number of thiazole rings is 1. The topological polar surface area (TPSA) is 89.9 Å². The van der Waals surface area contributed by atoms with Gasteiger partial charge in [0, 0.05) is 11.6 Å². The number of hydrogen-bond donors (Lipinski definition) is 2. The first kappa shape index (κ1) is 12.0. The van der Waals surface area contributed by atoms with Crippen molar-refractivity contribution in [2.24, 2.45) is 5.73 Å². The smallest absolute Gasteiger partial charge is 0.316 e. The van der Waals surface area contributed by atoms with Gasteiger partial charge in [0.05, 0.1) is 12.1 Å². The molecule has 3 N–H and O–H groups in total. The van der Waals surface area contributed by atoms with E-state index in [9.17, 15) is 0 Å². The van der Waals surface area contributed by atoms with Gasteiger partial charge in [0.2, 0.25) is 5.89 Å². The minimum atomic E-state index is -0.252. The molecule has 2 rings (SSSR count). The van der Waals surface area contributed by atoms with E-state index in [1.807, 2.05) is 5.38 Å². The van der Waals surface area contributed by atoms with E-state index in [0.29, 0.717) is 11.9 Å². The van der Waals surface area contributed by atoms with Crippen LogP contribution in [-0.2, 0) is 0 Å². The molecule has 6 nitrogen and oxygen atoms in total. The van der Waals surface area contributed by atoms with Crippen molar-refractivity contribution < 1.29 is 4.42 Å². The molecule has 0 bridgehead atoms. The van der Waals surface area contributed by atoms with Crippen LogP contribution in [-0.4, -0.2) is 15.2 Å². The molecule has 0 amide bonds. The lowest BCUT2D eigenvalue weighted by atomic mass is 10.2. The molecule has 0 aromatic carbocycles. The molecule has 2 aromatic heterocycles. The highest BCUT2D eigenvalue weighted by Gasteiger charge is 2.16. The maximum atomic E-state index is 5.65. The minimum absolute atomic E-state index is 0.0939. The minimum Gasteiger partial charge on any atom is -0.406 e. The fourth-order valence-corrected chi connectivity index (χ4v) is 2.14. The molecule has 0 aliphatic heterocycles. The zero-order chi connectivity index (χ0) is 12.3. The van der Waals surface area contributed by atoms with Gasteiger partial charge in [-0.1, -0.05) is 12.0 Å². The van der Waals surface area contributed by atoms with Gasteiger partial charge in [0.15, 0.2) is 0 Å². The van der Waals surface area contributed by atoms with Crippen LogP contribution in [0.5, 0.6) is 0 Å². The first-order valence-electron chi connectivity index (χ1n) is 5.45. The Labute approximate surface area is 103 Å². The summed E-state index contributed by atoms with van der Waals surface area (Å²) >= 11 is 1.60. The van der Waals surface area contributed by atoms with Crippen LogP contribution in [0.25, 0.3) is 0 Å². The number of nitrogens with one attached hydrogen (secondary N) is 1. The van der Waals surface area contributed by atoms with Crippen LogP contribution < -0.4 is 11.1 Å². The number of aromatic nitrogens is 3. The van der Waals surface area contributed by atoms with Crippen molar-refractivity contribution in [3.05, 3.63) is 22.5 Å². The van der Waals surface area contributed by atoms with E-state index >= 15 is 0 Å². The van der Waals surface area contributed by atoms with Gasteiger partial charge < -0.3 is 15.5 Å². The third-order valence-corrected chi connectivity index (χ3v) is 3.17. The summed E-state index contributed by atoms with van der Waals surface area (Å²) < 4.78 is 5.39. The zero-order valence-electron chi connectivity index (χ0n) is 9.75. The lowest BCUT2D eigenvalue weighted by Crippen LogP contribution is -2.09. The highest BCUT2D eigenvalue weighted by atomic mass is 32.1. The van der Waals surface area contributed by atoms with Crippen LogP contribution in [0.15, 0.2) is 16.0 Å². The largest absolute Gasteiger partial charge is 0.406 e. The van der Waals surface area contributed by atoms with Crippen LogP contribution in [0.4, 0.5) is 6.01 Å². The Morgan fingerprint density at radius 3 is 2.88 bits per heavy atom. The summed E-state index contributed by atoms with van der Waals surface area (Å²) in [5.41, 5.74) is 5.65. The fraction of sp³-hybridized carbons (Fsp3) is 0.500. The predicted octanol–water partition coefficient (Wildman–Crippen LogP) is 2.11. The van der Waals surface area contributed by atoms with E-state index in [4.69, 9.17) is 10.2 Å². The van der Waals surface area contributed by atoms with Crippen LogP contribution in [0.3, 0.4) is 0 Å². The standard InChI is InChI=1S/C10H15N5OS/c1-3-7(9-12-4-5-17-9)13-10-15-14-8(16-10)6(2)11/h4-7H,3,11H2,1-2H3,(H,13,15). The summed E-state index contributed by atoms with van der Waals surface area (Å²) in [6, 6.07) is 0.230. The SMILES string of the molecule is CCC(Nc1nnc(C(C)N)o1)c1nccs1. The lowest BCUT2D eigenvalue weighted by molar-refractivity contribution is 0.468. The van der Waals surface area contributed by atoms with Gasteiger partial charge in [-0.15, -0.1) is 16.4 Å². The molecular formula is C10H15N5OS. The number of hydrogen-bond acceptors (Lipinski definition) is 7. The van der Waals surface area contributed by atoms with E-state index in [1.54, 1.807) is 24.5 Å². The number of anilines is 1. The highest BCUT2D eigenvalue weighted by molar-refractivity contribution is 7.09. The van der Waals surface area contributed by atoms with Crippen LogP contribution in [0.1, 0.15) is 43.3 Å². The number of rotatable bonds is 5. The van der Waals surface area contributed by atoms with Gasteiger partial charge in [0.1, 0.15) is 5.01 Å². The van der Waals surface area contributed by atoms with E-state index < -0.39 is 0 Å². The Morgan fingerprint density at radius 1 is 1.53 bits per heavy atom. The second-order valence-electron chi connectivity index (χ2n) is 3.71. The average Bonchev–Trinajstić information content (AvgIpc) is 2.96. The normalized spacial score (nSPS) is 14.5. The molecule has 2 atom stereocenters. The molecule has 0 spiro atoms. The predicted molar refractivity (Wildman–Crippen MR) is 65.7 cm³/mol. The van der Waals surface area contributed by atoms with Crippen LogP contribution in [0, 0.1) is 0 Å². The Morgan fingerprint density at radius 2 is 2.35 bits per heavy atom. The van der Waals surface area contributed by atoms with Crippen LogP contribution in [0.2, 0.25) is 0 Å². The third kappa shape index (κ3) is 2.80. The van der Waals surface area contributed by atoms with Crippen molar-refractivity contribution in [2.75, 3.05) is 5.32 Å². The van der Waals surface area contributed by atoms with Gasteiger partial charge in [-0.2, -0.15) is 0 Å². The molecule has 7 heteroatoms. The lowest BCUT2D eigenvalue weighted by Gasteiger charge is -2.11. The molecular weight excluding hydrogens is 238 g/mol. The van der Waals surface area contributed by atoms with Crippen LogP contribution >= 0.6 is 11.3 Å². The summed E-state index contributed by atoms with van der Waals surface area (Å²) in [6.07, 6.45) is 2.68. The van der Waals surface area contributed by atoms with Gasteiger partial charge in [0.25, 0.3) is 0 Å². The summed E-state index contributed by atoms with van der Waals surface area (Å²) in [5.74, 6) is 0.432. The summed E-state index contributed by atoms with van der Waals surface area (Å²) in [4.78, 5) is 4.27. The van der Waals surface area contributed by atoms with Crippen molar-refractivity contribution in [1.29, 1.82) is 0 Å². The Balaban J connectivity index is 2.08. The highest BCUT2D eigenvalue weighted by Crippen LogP contribution is 2.23. The maximum absolute atomic E-state index is 5.65. The molecule has 92 valence electrons. The summed E-state index contributed by atoms with van der Waals surface area (Å²) in [7, 11) is 0. The van der Waals surface area contributed by atoms with Crippen molar-refractivity contribution in [1.82, 2.24) is 15.2 Å². The molecule has 0 saturated carbocycles. The maximum Gasteiger partial charge on any atom is 0.316 e. The molecule has 2 unspecified atom stereocenters. The Bertz CT molecular complexity index is 453. The number of nitrogens with two attached hydrogens (primary N) is 1. The van der Waals surface area contributed by atoms with Gasteiger partial charge in [-0.05, 0) is 13.3 Å². The fourth-order valence-electron chi connectivity index (χ4n) is 1.37. The molecule has 2 heterocycles. The molecule has 2 aromatic rings. The molecule has 0 aliphatic carbocycles. The van der Waals surface area contributed by atoms with Crippen molar-refractivity contribution in [2.45, 2.75) is 32.4 Å². The van der Waals surface area contributed by atoms with Gasteiger partial charge in [-0.25, -0.2) is 4.98 Å². The zero-order valence-corrected chi connectivity index (χ0v) is 10.6. The first-order valence-corrected chi connectivity index (χ1v) is 6.33. The van der Waals surface area contributed by atoms with E-state index in [0.717, 1.165) is 11.4 Å². The van der Waals surface area contributed by atoms with Crippen molar-refractivity contribution >= 4 is 17.4 Å². The monoisotopic (exact) mass is 253 g/mol. The van der Waals surface area contributed by atoms with E-state index in [-0.39, 0.29) is 12.1 Å². The molecule has 0 aliphatic rings. The quantitative estimate of drug-likeness (QED) is 0.848. The van der Waals surface area contributed by atoms with E-state index in [1.165, 1.54) is 0 Å². The van der Waals surface area contributed by atoms with Gasteiger partial charge >= 0.3 is 6.01 Å². The van der Waals surface area contributed by atoms with Crippen molar-refractivity contribution in [3.8, 4) is 0 Å². The molecule has 0 fully saturated rings. The second kappa shape index (κ2) is 5.24. The Kier molecular flexibility index (Phi) is 3.70. The number of nitrogens with zero attached hydrogens (tertiary/aromatic N) is 3. The summed E-state index contributed by atoms with van der Waals surface area (Å²) in [6.45, 7) is 3.87. The van der Waals surface area contributed by atoms with Crippen molar-refractivity contribution in [3.63, 3.8) is 0 Å². The second-order valence-corrected chi connectivity index (χ2v) is 4.64. The Hall–Kier alpha value is -1.47. The van der Waals surface area contributed by atoms with E-state index in [2.05, 4.69) is 27.4 Å². The molecule has 0 radical (unpaired) electrons. The molecule has 0 saturated heterocycles.